The van der Waals surface area contributed by atoms with Crippen molar-refractivity contribution in [1.82, 2.24) is 10.6 Å². The second-order valence-corrected chi connectivity index (χ2v) is 6.50. The van der Waals surface area contributed by atoms with E-state index in [9.17, 15) is 9.59 Å². The molecule has 0 unspecified atom stereocenters. The van der Waals surface area contributed by atoms with Crippen LogP contribution >= 0.6 is 12.4 Å². The SMILES string of the molecule is Cc1cccc(NC(=O)[C@@H](C)NC(=O)[C@@H]2Cc3ccccc3CN2)c1.Cl. The predicted molar refractivity (Wildman–Crippen MR) is 105 cm³/mol. The average Bonchev–Trinajstić information content (AvgIpc) is 2.61. The van der Waals surface area contributed by atoms with Gasteiger partial charge in [-0.3, -0.25) is 9.59 Å². The average molecular weight is 374 g/mol. The molecule has 1 heterocycles. The highest BCUT2D eigenvalue weighted by molar-refractivity contribution is 5.97. The Morgan fingerprint density at radius 2 is 1.85 bits per heavy atom. The van der Waals surface area contributed by atoms with Crippen molar-refractivity contribution in [2.24, 2.45) is 0 Å². The van der Waals surface area contributed by atoms with Crippen LogP contribution < -0.4 is 16.0 Å². The molecular formula is C20H24ClN3O2. The highest BCUT2D eigenvalue weighted by atomic mass is 35.5. The number of carbonyl (C=O) groups is 2. The number of nitrogens with one attached hydrogen (secondary N) is 3. The first kappa shape index (κ1) is 19.9. The van der Waals surface area contributed by atoms with E-state index in [1.165, 1.54) is 11.1 Å². The number of amides is 2. The van der Waals surface area contributed by atoms with E-state index in [2.05, 4.69) is 22.0 Å². The van der Waals surface area contributed by atoms with E-state index in [4.69, 9.17) is 0 Å². The largest absolute Gasteiger partial charge is 0.343 e. The van der Waals surface area contributed by atoms with Crippen LogP contribution in [0.1, 0.15) is 23.6 Å². The first-order valence-corrected chi connectivity index (χ1v) is 8.51. The molecule has 0 radical (unpaired) electrons. The third-order valence-electron chi connectivity index (χ3n) is 4.44. The van der Waals surface area contributed by atoms with Crippen LogP contribution in [0.4, 0.5) is 5.69 Å². The van der Waals surface area contributed by atoms with Gasteiger partial charge in [-0.25, -0.2) is 0 Å². The summed E-state index contributed by atoms with van der Waals surface area (Å²) in [6, 6.07) is 14.8. The molecule has 0 aliphatic carbocycles. The number of halogens is 1. The number of hydrogen-bond acceptors (Lipinski definition) is 3. The zero-order valence-corrected chi connectivity index (χ0v) is 15.7. The van der Waals surface area contributed by atoms with Gasteiger partial charge in [-0.2, -0.15) is 0 Å². The quantitative estimate of drug-likeness (QED) is 0.771. The molecular weight excluding hydrogens is 350 g/mol. The number of carbonyl (C=O) groups excluding carboxylic acids is 2. The van der Waals surface area contributed by atoms with Gasteiger partial charge in [0.1, 0.15) is 6.04 Å². The first-order chi connectivity index (χ1) is 12.0. The summed E-state index contributed by atoms with van der Waals surface area (Å²) in [5.41, 5.74) is 4.20. The maximum atomic E-state index is 12.5. The molecule has 0 fully saturated rings. The molecule has 2 atom stereocenters. The monoisotopic (exact) mass is 373 g/mol. The van der Waals surface area contributed by atoms with Crippen LogP contribution in [0, 0.1) is 6.92 Å². The summed E-state index contributed by atoms with van der Waals surface area (Å²) in [6.45, 7) is 4.32. The molecule has 2 amide bonds. The Labute approximate surface area is 160 Å². The van der Waals surface area contributed by atoms with Crippen molar-refractivity contribution >= 4 is 29.9 Å². The number of anilines is 1. The first-order valence-electron chi connectivity index (χ1n) is 8.51. The number of rotatable bonds is 4. The summed E-state index contributed by atoms with van der Waals surface area (Å²) in [7, 11) is 0. The van der Waals surface area contributed by atoms with Gasteiger partial charge in [-0.1, -0.05) is 36.4 Å². The maximum absolute atomic E-state index is 12.5. The van der Waals surface area contributed by atoms with Crippen LogP contribution in [0.25, 0.3) is 0 Å². The highest BCUT2D eigenvalue weighted by Gasteiger charge is 2.26. The number of fused-ring (bicyclic) bond motifs is 1. The third kappa shape index (κ3) is 4.84. The molecule has 3 rings (SSSR count). The van der Waals surface area contributed by atoms with Gasteiger partial charge in [0.25, 0.3) is 0 Å². The Balaban J connectivity index is 0.00000243. The predicted octanol–water partition coefficient (Wildman–Crippen LogP) is 2.57. The van der Waals surface area contributed by atoms with Crippen molar-refractivity contribution in [2.75, 3.05) is 5.32 Å². The van der Waals surface area contributed by atoms with E-state index in [0.29, 0.717) is 13.0 Å². The van der Waals surface area contributed by atoms with Crippen LogP contribution in [0.2, 0.25) is 0 Å². The standard InChI is InChI=1S/C20H23N3O2.ClH/c1-13-6-5-9-17(10-13)23-19(24)14(2)22-20(25)18-11-15-7-3-4-8-16(15)12-21-18;/h3-10,14,18,21H,11-12H2,1-2H3,(H,22,25)(H,23,24);1H/t14-,18+;/m1./s1. The minimum Gasteiger partial charge on any atom is -0.343 e. The second kappa shape index (κ2) is 8.83. The van der Waals surface area contributed by atoms with E-state index in [1.807, 2.05) is 49.4 Å². The van der Waals surface area contributed by atoms with Gasteiger partial charge in [-0.05, 0) is 49.1 Å². The van der Waals surface area contributed by atoms with E-state index in [0.717, 1.165) is 11.3 Å². The Morgan fingerprint density at radius 3 is 2.58 bits per heavy atom. The van der Waals surface area contributed by atoms with E-state index in [-0.39, 0.29) is 30.3 Å². The second-order valence-electron chi connectivity index (χ2n) is 6.50. The maximum Gasteiger partial charge on any atom is 0.246 e. The molecule has 0 spiro atoms. The van der Waals surface area contributed by atoms with Crippen molar-refractivity contribution in [3.63, 3.8) is 0 Å². The van der Waals surface area contributed by atoms with Gasteiger partial charge in [0.05, 0.1) is 6.04 Å². The lowest BCUT2D eigenvalue weighted by Crippen LogP contribution is -2.52. The molecule has 1 aliphatic rings. The third-order valence-corrected chi connectivity index (χ3v) is 4.44. The molecule has 3 N–H and O–H groups in total. The van der Waals surface area contributed by atoms with Crippen LogP contribution in [-0.2, 0) is 22.6 Å². The van der Waals surface area contributed by atoms with Crippen molar-refractivity contribution in [3.05, 3.63) is 65.2 Å². The lowest BCUT2D eigenvalue weighted by Gasteiger charge is -2.26. The Hall–Kier alpha value is -2.37. The smallest absolute Gasteiger partial charge is 0.246 e. The summed E-state index contributed by atoms with van der Waals surface area (Å²) in [5, 5.41) is 8.87. The topological polar surface area (TPSA) is 70.2 Å². The fraction of sp³-hybridized carbons (Fsp3) is 0.300. The summed E-state index contributed by atoms with van der Waals surface area (Å²) >= 11 is 0. The van der Waals surface area contributed by atoms with E-state index >= 15 is 0 Å². The van der Waals surface area contributed by atoms with E-state index < -0.39 is 6.04 Å². The number of aryl methyl sites for hydroxylation is 1. The minimum absolute atomic E-state index is 0. The lowest BCUT2D eigenvalue weighted by molar-refractivity contribution is -0.127. The van der Waals surface area contributed by atoms with Gasteiger partial charge >= 0.3 is 0 Å². The number of benzene rings is 2. The highest BCUT2D eigenvalue weighted by Crippen LogP contribution is 2.16. The van der Waals surface area contributed by atoms with Crippen molar-refractivity contribution in [1.29, 1.82) is 0 Å². The molecule has 0 saturated heterocycles. The fourth-order valence-corrected chi connectivity index (χ4v) is 2.99. The molecule has 2 aromatic carbocycles. The fourth-order valence-electron chi connectivity index (χ4n) is 2.99. The van der Waals surface area contributed by atoms with Crippen LogP contribution in [0.3, 0.4) is 0 Å². The zero-order chi connectivity index (χ0) is 17.8. The molecule has 5 nitrogen and oxygen atoms in total. The van der Waals surface area contributed by atoms with E-state index in [1.54, 1.807) is 6.92 Å². The van der Waals surface area contributed by atoms with Gasteiger partial charge in [0.2, 0.25) is 11.8 Å². The van der Waals surface area contributed by atoms with Crippen LogP contribution in [0.15, 0.2) is 48.5 Å². The molecule has 1 aliphatic heterocycles. The summed E-state index contributed by atoms with van der Waals surface area (Å²) in [5.74, 6) is -0.378. The van der Waals surface area contributed by atoms with Gasteiger partial charge in [0, 0.05) is 12.2 Å². The summed E-state index contributed by atoms with van der Waals surface area (Å²) in [6.07, 6.45) is 0.633. The minimum atomic E-state index is -0.605. The zero-order valence-electron chi connectivity index (χ0n) is 14.9. The normalized spacial score (nSPS) is 16.6. The summed E-state index contributed by atoms with van der Waals surface area (Å²) < 4.78 is 0. The molecule has 0 bridgehead atoms. The van der Waals surface area contributed by atoms with Crippen molar-refractivity contribution < 1.29 is 9.59 Å². The van der Waals surface area contributed by atoms with Gasteiger partial charge < -0.3 is 16.0 Å². The molecule has 0 saturated carbocycles. The Kier molecular flexibility index (Phi) is 6.77. The summed E-state index contributed by atoms with van der Waals surface area (Å²) in [4.78, 5) is 24.8. The molecule has 6 heteroatoms. The molecule has 0 aromatic heterocycles. The molecule has 2 aromatic rings. The van der Waals surface area contributed by atoms with Crippen molar-refractivity contribution in [3.8, 4) is 0 Å². The number of hydrogen-bond donors (Lipinski definition) is 3. The lowest BCUT2D eigenvalue weighted by atomic mass is 9.95. The van der Waals surface area contributed by atoms with Crippen LogP contribution in [0.5, 0.6) is 0 Å². The van der Waals surface area contributed by atoms with Crippen molar-refractivity contribution in [2.45, 2.75) is 38.9 Å². The Bertz CT molecular complexity index is 794. The molecule has 26 heavy (non-hydrogen) atoms. The van der Waals surface area contributed by atoms with Gasteiger partial charge in [0.15, 0.2) is 0 Å². The van der Waals surface area contributed by atoms with Crippen LogP contribution in [-0.4, -0.2) is 23.9 Å². The Morgan fingerprint density at radius 1 is 1.12 bits per heavy atom. The molecule has 138 valence electrons. The van der Waals surface area contributed by atoms with Gasteiger partial charge in [-0.15, -0.1) is 12.4 Å².